The first-order valence-electron chi connectivity index (χ1n) is 5.79. The van der Waals surface area contributed by atoms with Crippen molar-refractivity contribution in [1.82, 2.24) is 0 Å². The van der Waals surface area contributed by atoms with E-state index in [4.69, 9.17) is 4.74 Å². The van der Waals surface area contributed by atoms with Crippen molar-refractivity contribution in [2.24, 2.45) is 0 Å². The normalized spacial score (nSPS) is 30.2. The Labute approximate surface area is 95.7 Å². The molecule has 1 fully saturated rings. The van der Waals surface area contributed by atoms with E-state index in [1.165, 1.54) is 0 Å². The molecule has 0 amide bonds. The summed E-state index contributed by atoms with van der Waals surface area (Å²) in [7, 11) is 0. The van der Waals surface area contributed by atoms with Crippen molar-refractivity contribution in [3.8, 4) is 0 Å². The first-order valence-corrected chi connectivity index (χ1v) is 5.79. The summed E-state index contributed by atoms with van der Waals surface area (Å²) in [5.41, 5.74) is 1.09. The lowest BCUT2D eigenvalue weighted by atomic mass is 9.92. The standard InChI is InChI=1S/C13H18O3/c14-11-7-4-8-12(13(11)15)16-9-10-5-2-1-3-6-10/h1-3,5-6,11-15H,4,7-9H2/t11-,12-,13+/m1/s1. The summed E-state index contributed by atoms with van der Waals surface area (Å²) in [6.45, 7) is 0.495. The number of benzene rings is 1. The average Bonchev–Trinajstić information content (AvgIpc) is 2.32. The van der Waals surface area contributed by atoms with Gasteiger partial charge in [-0.3, -0.25) is 0 Å². The van der Waals surface area contributed by atoms with Crippen LogP contribution in [0.15, 0.2) is 30.3 Å². The minimum atomic E-state index is -0.738. The predicted molar refractivity (Wildman–Crippen MR) is 60.9 cm³/mol. The molecule has 1 aromatic rings. The summed E-state index contributed by atoms with van der Waals surface area (Å²) >= 11 is 0. The molecule has 0 aromatic heterocycles. The molecule has 1 aliphatic carbocycles. The zero-order valence-electron chi connectivity index (χ0n) is 9.25. The molecule has 3 atom stereocenters. The Hall–Kier alpha value is -0.900. The predicted octanol–water partition coefficient (Wildman–Crippen LogP) is 1.48. The van der Waals surface area contributed by atoms with Gasteiger partial charge >= 0.3 is 0 Å². The molecule has 3 nitrogen and oxygen atoms in total. The zero-order chi connectivity index (χ0) is 11.4. The molecule has 16 heavy (non-hydrogen) atoms. The molecule has 0 aliphatic heterocycles. The number of ether oxygens (including phenoxy) is 1. The fourth-order valence-corrected chi connectivity index (χ4v) is 2.08. The zero-order valence-corrected chi connectivity index (χ0v) is 9.25. The van der Waals surface area contributed by atoms with Gasteiger partial charge in [0.25, 0.3) is 0 Å². The number of aliphatic hydroxyl groups excluding tert-OH is 2. The van der Waals surface area contributed by atoms with Crippen molar-refractivity contribution >= 4 is 0 Å². The summed E-state index contributed by atoms with van der Waals surface area (Å²) in [4.78, 5) is 0. The van der Waals surface area contributed by atoms with Gasteiger partial charge in [0.1, 0.15) is 6.10 Å². The van der Waals surface area contributed by atoms with Gasteiger partial charge in [0.15, 0.2) is 0 Å². The van der Waals surface area contributed by atoms with Gasteiger partial charge in [-0.15, -0.1) is 0 Å². The number of aliphatic hydroxyl groups is 2. The van der Waals surface area contributed by atoms with Crippen molar-refractivity contribution in [2.45, 2.75) is 44.2 Å². The quantitative estimate of drug-likeness (QED) is 0.814. The Bertz CT molecular complexity index is 312. The maximum absolute atomic E-state index is 9.74. The summed E-state index contributed by atoms with van der Waals surface area (Å²) in [6.07, 6.45) is 0.811. The third-order valence-electron chi connectivity index (χ3n) is 3.07. The minimum absolute atomic E-state index is 0.232. The van der Waals surface area contributed by atoms with Gasteiger partial charge in [-0.1, -0.05) is 30.3 Å². The SMILES string of the molecule is O[C@H]1[C@H](O)CCC[C@H]1OCc1ccccc1. The summed E-state index contributed by atoms with van der Waals surface area (Å²) in [5, 5.41) is 19.3. The topological polar surface area (TPSA) is 49.7 Å². The van der Waals surface area contributed by atoms with Crippen LogP contribution < -0.4 is 0 Å². The highest BCUT2D eigenvalue weighted by Crippen LogP contribution is 2.22. The molecule has 0 radical (unpaired) electrons. The van der Waals surface area contributed by atoms with Crippen LogP contribution in [0.5, 0.6) is 0 Å². The molecule has 0 saturated heterocycles. The second-order valence-electron chi connectivity index (χ2n) is 4.32. The van der Waals surface area contributed by atoms with Gasteiger partial charge in [0, 0.05) is 0 Å². The van der Waals surface area contributed by atoms with E-state index < -0.39 is 12.2 Å². The van der Waals surface area contributed by atoms with Crippen LogP contribution in [0.3, 0.4) is 0 Å². The number of hydrogen-bond donors (Lipinski definition) is 2. The third-order valence-corrected chi connectivity index (χ3v) is 3.07. The van der Waals surface area contributed by atoms with Crippen molar-refractivity contribution < 1.29 is 14.9 Å². The van der Waals surface area contributed by atoms with E-state index in [0.29, 0.717) is 13.0 Å². The van der Waals surface area contributed by atoms with Crippen molar-refractivity contribution in [2.75, 3.05) is 0 Å². The van der Waals surface area contributed by atoms with Crippen LogP contribution in [-0.4, -0.2) is 28.5 Å². The Kier molecular flexibility index (Phi) is 3.93. The Morgan fingerprint density at radius 1 is 1.12 bits per heavy atom. The summed E-state index contributed by atoms with van der Waals surface area (Å²) in [5.74, 6) is 0. The fraction of sp³-hybridized carbons (Fsp3) is 0.538. The highest BCUT2D eigenvalue weighted by Gasteiger charge is 2.30. The molecule has 1 aromatic carbocycles. The summed E-state index contributed by atoms with van der Waals surface area (Å²) < 4.78 is 5.64. The first kappa shape index (κ1) is 11.6. The lowest BCUT2D eigenvalue weighted by Gasteiger charge is -2.31. The van der Waals surface area contributed by atoms with Gasteiger partial charge in [-0.2, -0.15) is 0 Å². The Morgan fingerprint density at radius 3 is 2.62 bits per heavy atom. The third kappa shape index (κ3) is 2.82. The second-order valence-corrected chi connectivity index (χ2v) is 4.32. The van der Waals surface area contributed by atoms with Crippen LogP contribution in [0.1, 0.15) is 24.8 Å². The smallest absolute Gasteiger partial charge is 0.106 e. The fourth-order valence-electron chi connectivity index (χ4n) is 2.08. The molecule has 1 aliphatic rings. The monoisotopic (exact) mass is 222 g/mol. The van der Waals surface area contributed by atoms with E-state index in [2.05, 4.69) is 0 Å². The molecule has 0 spiro atoms. The molecule has 3 heteroatoms. The van der Waals surface area contributed by atoms with E-state index in [1.54, 1.807) is 0 Å². The van der Waals surface area contributed by atoms with Crippen LogP contribution in [0, 0.1) is 0 Å². The molecular formula is C13H18O3. The van der Waals surface area contributed by atoms with Gasteiger partial charge < -0.3 is 14.9 Å². The van der Waals surface area contributed by atoms with Gasteiger partial charge in [-0.25, -0.2) is 0 Å². The van der Waals surface area contributed by atoms with Crippen LogP contribution >= 0.6 is 0 Å². The van der Waals surface area contributed by atoms with Gasteiger partial charge in [0.05, 0.1) is 18.8 Å². The molecule has 2 rings (SSSR count). The Balaban J connectivity index is 1.85. The maximum atomic E-state index is 9.74. The number of hydrogen-bond acceptors (Lipinski definition) is 3. The van der Waals surface area contributed by atoms with Crippen LogP contribution in [0.25, 0.3) is 0 Å². The highest BCUT2D eigenvalue weighted by molar-refractivity contribution is 5.13. The van der Waals surface area contributed by atoms with Crippen molar-refractivity contribution in [3.63, 3.8) is 0 Å². The van der Waals surface area contributed by atoms with E-state index >= 15 is 0 Å². The van der Waals surface area contributed by atoms with E-state index in [1.807, 2.05) is 30.3 Å². The lowest BCUT2D eigenvalue weighted by molar-refractivity contribution is -0.118. The van der Waals surface area contributed by atoms with E-state index in [9.17, 15) is 10.2 Å². The van der Waals surface area contributed by atoms with Gasteiger partial charge in [-0.05, 0) is 24.8 Å². The van der Waals surface area contributed by atoms with Gasteiger partial charge in [0.2, 0.25) is 0 Å². The molecule has 0 bridgehead atoms. The number of rotatable bonds is 3. The molecule has 0 heterocycles. The molecule has 0 unspecified atom stereocenters. The van der Waals surface area contributed by atoms with Crippen LogP contribution in [-0.2, 0) is 11.3 Å². The lowest BCUT2D eigenvalue weighted by Crippen LogP contribution is -2.42. The molecular weight excluding hydrogens is 204 g/mol. The molecule has 2 N–H and O–H groups in total. The van der Waals surface area contributed by atoms with Crippen LogP contribution in [0.4, 0.5) is 0 Å². The maximum Gasteiger partial charge on any atom is 0.106 e. The van der Waals surface area contributed by atoms with E-state index in [0.717, 1.165) is 18.4 Å². The van der Waals surface area contributed by atoms with Crippen LogP contribution in [0.2, 0.25) is 0 Å². The first-order chi connectivity index (χ1) is 7.77. The minimum Gasteiger partial charge on any atom is -0.390 e. The molecule has 88 valence electrons. The van der Waals surface area contributed by atoms with Crippen molar-refractivity contribution in [1.29, 1.82) is 0 Å². The second kappa shape index (κ2) is 5.43. The van der Waals surface area contributed by atoms with Crippen molar-refractivity contribution in [3.05, 3.63) is 35.9 Å². The Morgan fingerprint density at radius 2 is 1.88 bits per heavy atom. The van der Waals surface area contributed by atoms with E-state index in [-0.39, 0.29) is 6.10 Å². The average molecular weight is 222 g/mol. The largest absolute Gasteiger partial charge is 0.390 e. The highest BCUT2D eigenvalue weighted by atomic mass is 16.5. The summed E-state index contributed by atoms with van der Waals surface area (Å²) in [6, 6.07) is 9.87. The molecule has 1 saturated carbocycles.